The Bertz CT molecular complexity index is 313. The lowest BCUT2D eigenvalue weighted by molar-refractivity contribution is 0.448. The van der Waals surface area contributed by atoms with Crippen molar-refractivity contribution >= 4 is 0 Å². The van der Waals surface area contributed by atoms with E-state index in [4.69, 9.17) is 4.98 Å². The van der Waals surface area contributed by atoms with E-state index in [2.05, 4.69) is 10.3 Å². The van der Waals surface area contributed by atoms with Gasteiger partial charge < -0.3 is 10.3 Å². The topological polar surface area (TPSA) is 40.7 Å². The highest BCUT2D eigenvalue weighted by Gasteiger charge is 2.21. The summed E-state index contributed by atoms with van der Waals surface area (Å²) in [6.07, 6.45) is 7.63. The molecule has 1 atom stereocenters. The number of aromatic amines is 1. The highest BCUT2D eigenvalue weighted by atomic mass is 15.0. The first-order valence-corrected chi connectivity index (χ1v) is 6.22. The number of nitrogens with zero attached hydrogens (tertiary/aromatic N) is 1. The maximum atomic E-state index is 4.78. The fourth-order valence-corrected chi connectivity index (χ4v) is 2.75. The van der Waals surface area contributed by atoms with Crippen LogP contribution in [0.1, 0.15) is 48.8 Å². The smallest absolute Gasteiger partial charge is 0.110 e. The van der Waals surface area contributed by atoms with E-state index in [-0.39, 0.29) is 0 Å². The first-order chi connectivity index (χ1) is 7.43. The van der Waals surface area contributed by atoms with Crippen molar-refractivity contribution in [1.29, 1.82) is 0 Å². The Morgan fingerprint density at radius 3 is 2.87 bits per heavy atom. The van der Waals surface area contributed by atoms with E-state index in [1.165, 1.54) is 62.3 Å². The molecule has 15 heavy (non-hydrogen) atoms. The molecule has 3 heteroatoms. The minimum Gasteiger partial charge on any atom is -0.345 e. The molecule has 82 valence electrons. The highest BCUT2D eigenvalue weighted by molar-refractivity contribution is 5.19. The van der Waals surface area contributed by atoms with Gasteiger partial charge in [0.15, 0.2) is 0 Å². The van der Waals surface area contributed by atoms with Crippen molar-refractivity contribution in [3.63, 3.8) is 0 Å². The maximum absolute atomic E-state index is 4.78. The quantitative estimate of drug-likeness (QED) is 0.733. The third-order valence-corrected chi connectivity index (χ3v) is 3.66. The van der Waals surface area contributed by atoms with Crippen LogP contribution in [0.2, 0.25) is 0 Å². The molecule has 0 bridgehead atoms. The van der Waals surface area contributed by atoms with Crippen LogP contribution in [-0.2, 0) is 12.8 Å². The Balaban J connectivity index is 1.82. The van der Waals surface area contributed by atoms with E-state index >= 15 is 0 Å². The number of piperidine rings is 1. The molecule has 1 aliphatic heterocycles. The predicted octanol–water partition coefficient (Wildman–Crippen LogP) is 1.76. The second-order valence-corrected chi connectivity index (χ2v) is 4.80. The number of hydrogen-bond acceptors (Lipinski definition) is 2. The fraction of sp³-hybridized carbons (Fsp3) is 0.750. The van der Waals surface area contributed by atoms with Crippen LogP contribution in [0.3, 0.4) is 0 Å². The Morgan fingerprint density at radius 2 is 2.07 bits per heavy atom. The molecule has 2 aliphatic rings. The summed E-state index contributed by atoms with van der Waals surface area (Å²) in [7, 11) is 0. The van der Waals surface area contributed by atoms with Crippen LogP contribution >= 0.6 is 0 Å². The van der Waals surface area contributed by atoms with Gasteiger partial charge >= 0.3 is 0 Å². The van der Waals surface area contributed by atoms with Crippen molar-refractivity contribution < 1.29 is 0 Å². The van der Waals surface area contributed by atoms with E-state index in [1.807, 2.05) is 0 Å². The molecule has 1 saturated heterocycles. The summed E-state index contributed by atoms with van der Waals surface area (Å²) >= 11 is 0. The van der Waals surface area contributed by atoms with E-state index in [1.54, 1.807) is 0 Å². The van der Waals surface area contributed by atoms with Gasteiger partial charge in [0.05, 0.1) is 5.69 Å². The molecule has 1 aromatic rings. The molecule has 3 rings (SSSR count). The zero-order chi connectivity index (χ0) is 10.1. The van der Waals surface area contributed by atoms with Crippen LogP contribution < -0.4 is 5.32 Å². The second-order valence-electron chi connectivity index (χ2n) is 4.80. The van der Waals surface area contributed by atoms with Gasteiger partial charge in [0.25, 0.3) is 0 Å². The van der Waals surface area contributed by atoms with Gasteiger partial charge in [0, 0.05) is 18.2 Å². The summed E-state index contributed by atoms with van der Waals surface area (Å²) in [5.74, 6) is 1.87. The van der Waals surface area contributed by atoms with Crippen LogP contribution in [0, 0.1) is 0 Å². The molecule has 0 amide bonds. The van der Waals surface area contributed by atoms with Gasteiger partial charge in [-0.25, -0.2) is 4.98 Å². The SMILES string of the molecule is C1CCc2[nH]c(C3CCCNC3)nc2C1. The lowest BCUT2D eigenvalue weighted by Crippen LogP contribution is -2.28. The number of rotatable bonds is 1. The number of fused-ring (bicyclic) bond motifs is 1. The Morgan fingerprint density at radius 1 is 1.13 bits per heavy atom. The number of H-pyrrole nitrogens is 1. The normalized spacial score (nSPS) is 26.3. The molecule has 2 heterocycles. The zero-order valence-electron chi connectivity index (χ0n) is 9.18. The first-order valence-electron chi connectivity index (χ1n) is 6.22. The lowest BCUT2D eigenvalue weighted by atomic mass is 9.99. The molecule has 0 radical (unpaired) electrons. The van der Waals surface area contributed by atoms with Crippen LogP contribution in [0.4, 0.5) is 0 Å². The molecule has 1 unspecified atom stereocenters. The molecule has 3 nitrogen and oxygen atoms in total. The average molecular weight is 205 g/mol. The van der Waals surface area contributed by atoms with Crippen molar-refractivity contribution in [2.75, 3.05) is 13.1 Å². The van der Waals surface area contributed by atoms with Crippen molar-refractivity contribution in [3.05, 3.63) is 17.2 Å². The number of hydrogen-bond donors (Lipinski definition) is 2. The molecule has 2 N–H and O–H groups in total. The van der Waals surface area contributed by atoms with Crippen molar-refractivity contribution in [1.82, 2.24) is 15.3 Å². The van der Waals surface area contributed by atoms with E-state index in [0.717, 1.165) is 6.54 Å². The largest absolute Gasteiger partial charge is 0.345 e. The summed E-state index contributed by atoms with van der Waals surface area (Å²) in [4.78, 5) is 8.33. The minimum atomic E-state index is 0.629. The summed E-state index contributed by atoms with van der Waals surface area (Å²) < 4.78 is 0. The van der Waals surface area contributed by atoms with Crippen LogP contribution in [0.15, 0.2) is 0 Å². The van der Waals surface area contributed by atoms with E-state index in [9.17, 15) is 0 Å². The maximum Gasteiger partial charge on any atom is 0.110 e. The molecule has 1 fully saturated rings. The average Bonchev–Trinajstić information content (AvgIpc) is 2.74. The third-order valence-electron chi connectivity index (χ3n) is 3.66. The Labute approximate surface area is 90.7 Å². The molecular weight excluding hydrogens is 186 g/mol. The number of aromatic nitrogens is 2. The molecule has 0 spiro atoms. The number of nitrogens with one attached hydrogen (secondary N) is 2. The lowest BCUT2D eigenvalue weighted by Gasteiger charge is -2.20. The summed E-state index contributed by atoms with van der Waals surface area (Å²) in [6.45, 7) is 2.28. The first kappa shape index (κ1) is 9.40. The summed E-state index contributed by atoms with van der Waals surface area (Å²) in [6, 6.07) is 0. The van der Waals surface area contributed by atoms with Gasteiger partial charge in [-0.3, -0.25) is 0 Å². The number of imidazole rings is 1. The third kappa shape index (κ3) is 1.81. The van der Waals surface area contributed by atoms with Gasteiger partial charge in [0.1, 0.15) is 5.82 Å². The van der Waals surface area contributed by atoms with Crippen molar-refractivity contribution in [2.45, 2.75) is 44.4 Å². The van der Waals surface area contributed by atoms with Crippen molar-refractivity contribution in [2.24, 2.45) is 0 Å². The van der Waals surface area contributed by atoms with Crippen LogP contribution in [0.25, 0.3) is 0 Å². The molecule has 1 aromatic heterocycles. The van der Waals surface area contributed by atoms with Crippen LogP contribution in [-0.4, -0.2) is 23.1 Å². The molecule has 0 saturated carbocycles. The minimum absolute atomic E-state index is 0.629. The van der Waals surface area contributed by atoms with Crippen molar-refractivity contribution in [3.8, 4) is 0 Å². The van der Waals surface area contributed by atoms with Gasteiger partial charge in [-0.15, -0.1) is 0 Å². The van der Waals surface area contributed by atoms with Crippen LogP contribution in [0.5, 0.6) is 0 Å². The highest BCUT2D eigenvalue weighted by Crippen LogP contribution is 2.25. The zero-order valence-corrected chi connectivity index (χ0v) is 9.18. The van der Waals surface area contributed by atoms with E-state index in [0.29, 0.717) is 5.92 Å². The van der Waals surface area contributed by atoms with E-state index < -0.39 is 0 Å². The summed E-state index contributed by atoms with van der Waals surface area (Å²) in [5, 5.41) is 3.45. The standard InChI is InChI=1S/C12H19N3/c1-2-6-11-10(5-1)14-12(15-11)9-4-3-7-13-8-9/h9,13H,1-8H2,(H,14,15). The summed E-state index contributed by atoms with van der Waals surface area (Å²) in [5.41, 5.74) is 2.77. The van der Waals surface area contributed by atoms with Gasteiger partial charge in [-0.1, -0.05) is 0 Å². The van der Waals surface area contributed by atoms with Gasteiger partial charge in [-0.05, 0) is 45.1 Å². The Kier molecular flexibility index (Phi) is 2.49. The monoisotopic (exact) mass is 205 g/mol. The molecule has 0 aromatic carbocycles. The molecular formula is C12H19N3. The number of aryl methyl sites for hydroxylation is 2. The fourth-order valence-electron chi connectivity index (χ4n) is 2.75. The second kappa shape index (κ2) is 3.97. The predicted molar refractivity (Wildman–Crippen MR) is 60.1 cm³/mol. The Hall–Kier alpha value is -0.830. The van der Waals surface area contributed by atoms with Gasteiger partial charge in [-0.2, -0.15) is 0 Å². The van der Waals surface area contributed by atoms with Gasteiger partial charge in [0.2, 0.25) is 0 Å². The molecule has 1 aliphatic carbocycles.